The van der Waals surface area contributed by atoms with Crippen molar-refractivity contribution >= 4 is 0 Å². The Labute approximate surface area is 59.6 Å². The SMILES string of the molecule is C[C@@H]1O[C@H](CO)[C@H](O)C1N. The molecule has 1 heterocycles. The predicted octanol–water partition coefficient (Wildman–Crippen LogP) is -1.55. The van der Waals surface area contributed by atoms with Crippen LogP contribution >= 0.6 is 0 Å². The highest BCUT2D eigenvalue weighted by atomic mass is 16.5. The molecule has 4 N–H and O–H groups in total. The van der Waals surface area contributed by atoms with Gasteiger partial charge in [0.2, 0.25) is 0 Å². The molecule has 0 amide bonds. The highest BCUT2D eigenvalue weighted by Gasteiger charge is 2.38. The van der Waals surface area contributed by atoms with Crippen molar-refractivity contribution in [2.45, 2.75) is 31.3 Å². The molecule has 4 atom stereocenters. The number of rotatable bonds is 1. The molecule has 1 rings (SSSR count). The standard InChI is InChI=1S/C6H13NO3/c1-3-5(7)6(9)4(2-8)10-3/h3-6,8-9H,2,7H2,1H3/t3-,4+,5?,6-/m0/s1. The van der Waals surface area contributed by atoms with Gasteiger partial charge in [-0.3, -0.25) is 0 Å². The summed E-state index contributed by atoms with van der Waals surface area (Å²) in [5.41, 5.74) is 5.50. The van der Waals surface area contributed by atoms with Gasteiger partial charge in [0.25, 0.3) is 0 Å². The Bertz CT molecular complexity index is 120. The minimum atomic E-state index is -0.722. The lowest BCUT2D eigenvalue weighted by Crippen LogP contribution is -2.40. The zero-order valence-electron chi connectivity index (χ0n) is 5.90. The third-order valence-electron chi connectivity index (χ3n) is 1.89. The topological polar surface area (TPSA) is 75.7 Å². The summed E-state index contributed by atoms with van der Waals surface area (Å²) in [6.45, 7) is 1.61. The van der Waals surface area contributed by atoms with Gasteiger partial charge in [-0.05, 0) is 6.92 Å². The van der Waals surface area contributed by atoms with E-state index in [1.807, 2.05) is 0 Å². The van der Waals surface area contributed by atoms with Gasteiger partial charge in [-0.2, -0.15) is 0 Å². The molecular weight excluding hydrogens is 134 g/mol. The average Bonchev–Trinajstić information content (AvgIpc) is 2.17. The van der Waals surface area contributed by atoms with Gasteiger partial charge in [0.1, 0.15) is 6.10 Å². The van der Waals surface area contributed by atoms with Crippen molar-refractivity contribution in [1.82, 2.24) is 0 Å². The van der Waals surface area contributed by atoms with Crippen molar-refractivity contribution in [2.24, 2.45) is 5.73 Å². The fourth-order valence-electron chi connectivity index (χ4n) is 1.12. The summed E-state index contributed by atoms with van der Waals surface area (Å²) in [5.74, 6) is 0. The molecule has 1 unspecified atom stereocenters. The third kappa shape index (κ3) is 1.15. The van der Waals surface area contributed by atoms with E-state index in [9.17, 15) is 5.11 Å². The zero-order chi connectivity index (χ0) is 7.72. The molecule has 1 aliphatic heterocycles. The Kier molecular flexibility index (Phi) is 2.25. The van der Waals surface area contributed by atoms with Crippen LogP contribution in [0.5, 0.6) is 0 Å². The molecule has 0 aromatic rings. The van der Waals surface area contributed by atoms with E-state index in [-0.39, 0.29) is 18.8 Å². The second kappa shape index (κ2) is 2.84. The van der Waals surface area contributed by atoms with E-state index >= 15 is 0 Å². The van der Waals surface area contributed by atoms with Gasteiger partial charge < -0.3 is 20.7 Å². The number of hydrogen-bond acceptors (Lipinski definition) is 4. The maximum Gasteiger partial charge on any atom is 0.108 e. The normalized spacial score (nSPS) is 48.0. The van der Waals surface area contributed by atoms with Crippen LogP contribution in [0, 0.1) is 0 Å². The summed E-state index contributed by atoms with van der Waals surface area (Å²) in [5, 5.41) is 17.8. The monoisotopic (exact) mass is 147 g/mol. The van der Waals surface area contributed by atoms with Crippen molar-refractivity contribution in [3.05, 3.63) is 0 Å². The molecule has 0 bridgehead atoms. The molecule has 0 aromatic heterocycles. The number of aliphatic hydroxyl groups excluding tert-OH is 2. The first-order chi connectivity index (χ1) is 4.66. The lowest BCUT2D eigenvalue weighted by Gasteiger charge is -2.11. The van der Waals surface area contributed by atoms with E-state index in [4.69, 9.17) is 15.6 Å². The van der Waals surface area contributed by atoms with Crippen LogP contribution in [0.15, 0.2) is 0 Å². The smallest absolute Gasteiger partial charge is 0.108 e. The molecule has 1 aliphatic rings. The number of ether oxygens (including phenoxy) is 1. The van der Waals surface area contributed by atoms with Gasteiger partial charge in [0, 0.05) is 0 Å². The average molecular weight is 147 g/mol. The highest BCUT2D eigenvalue weighted by molar-refractivity contribution is 4.90. The molecule has 4 nitrogen and oxygen atoms in total. The van der Waals surface area contributed by atoms with Crippen LogP contribution in [0.1, 0.15) is 6.92 Å². The maximum atomic E-state index is 9.22. The van der Waals surface area contributed by atoms with Crippen molar-refractivity contribution < 1.29 is 14.9 Å². The summed E-state index contributed by atoms with van der Waals surface area (Å²) in [6.07, 6.45) is -1.38. The van der Waals surface area contributed by atoms with E-state index in [0.717, 1.165) is 0 Å². The molecule has 4 heteroatoms. The van der Waals surface area contributed by atoms with Gasteiger partial charge in [0.15, 0.2) is 0 Å². The van der Waals surface area contributed by atoms with E-state index in [1.165, 1.54) is 0 Å². The lowest BCUT2D eigenvalue weighted by atomic mass is 10.1. The van der Waals surface area contributed by atoms with E-state index < -0.39 is 12.2 Å². The molecule has 0 aromatic carbocycles. The Morgan fingerprint density at radius 3 is 2.40 bits per heavy atom. The molecule has 1 saturated heterocycles. The van der Waals surface area contributed by atoms with Crippen molar-refractivity contribution in [3.8, 4) is 0 Å². The zero-order valence-corrected chi connectivity index (χ0v) is 5.90. The van der Waals surface area contributed by atoms with E-state index in [0.29, 0.717) is 0 Å². The van der Waals surface area contributed by atoms with Crippen LogP contribution in [0.2, 0.25) is 0 Å². The maximum absolute atomic E-state index is 9.22. The summed E-state index contributed by atoms with van der Waals surface area (Å²) >= 11 is 0. The van der Waals surface area contributed by atoms with E-state index in [2.05, 4.69) is 0 Å². The van der Waals surface area contributed by atoms with E-state index in [1.54, 1.807) is 6.92 Å². The van der Waals surface area contributed by atoms with Crippen LogP contribution in [0.25, 0.3) is 0 Å². The van der Waals surface area contributed by atoms with Crippen molar-refractivity contribution in [3.63, 3.8) is 0 Å². The minimum absolute atomic E-state index is 0.160. The molecule has 0 aliphatic carbocycles. The fraction of sp³-hybridized carbons (Fsp3) is 1.00. The van der Waals surface area contributed by atoms with Crippen LogP contribution in [0.3, 0.4) is 0 Å². The van der Waals surface area contributed by atoms with Crippen LogP contribution in [0.4, 0.5) is 0 Å². The summed E-state index contributed by atoms with van der Waals surface area (Å²) in [7, 11) is 0. The third-order valence-corrected chi connectivity index (χ3v) is 1.89. The molecule has 1 fully saturated rings. The van der Waals surface area contributed by atoms with Gasteiger partial charge in [0.05, 0.1) is 24.9 Å². The number of nitrogens with two attached hydrogens (primary N) is 1. The van der Waals surface area contributed by atoms with Gasteiger partial charge >= 0.3 is 0 Å². The van der Waals surface area contributed by atoms with Crippen LogP contribution in [-0.4, -0.2) is 41.2 Å². The van der Waals surface area contributed by atoms with Gasteiger partial charge in [-0.1, -0.05) is 0 Å². The summed E-state index contributed by atoms with van der Waals surface area (Å²) in [4.78, 5) is 0. The number of hydrogen-bond donors (Lipinski definition) is 3. The van der Waals surface area contributed by atoms with Gasteiger partial charge in [-0.25, -0.2) is 0 Å². The minimum Gasteiger partial charge on any atom is -0.394 e. The molecule has 60 valence electrons. The van der Waals surface area contributed by atoms with Crippen molar-refractivity contribution in [1.29, 1.82) is 0 Å². The Hall–Kier alpha value is -0.160. The molecule has 0 saturated carbocycles. The second-order valence-corrected chi connectivity index (χ2v) is 2.63. The molecule has 0 spiro atoms. The Balaban J connectivity index is 2.53. The highest BCUT2D eigenvalue weighted by Crippen LogP contribution is 2.18. The first-order valence-corrected chi connectivity index (χ1v) is 3.36. The molecular formula is C6H13NO3. The summed E-state index contributed by atoms with van der Waals surface area (Å²) < 4.78 is 5.11. The Morgan fingerprint density at radius 1 is 1.60 bits per heavy atom. The van der Waals surface area contributed by atoms with Crippen molar-refractivity contribution in [2.75, 3.05) is 6.61 Å². The largest absolute Gasteiger partial charge is 0.394 e. The van der Waals surface area contributed by atoms with Gasteiger partial charge in [-0.15, -0.1) is 0 Å². The van der Waals surface area contributed by atoms with Crippen LogP contribution in [-0.2, 0) is 4.74 Å². The predicted molar refractivity (Wildman–Crippen MR) is 35.4 cm³/mol. The second-order valence-electron chi connectivity index (χ2n) is 2.63. The number of aliphatic hydroxyl groups is 2. The molecule has 0 radical (unpaired) electrons. The Morgan fingerprint density at radius 2 is 2.20 bits per heavy atom. The first kappa shape index (κ1) is 7.94. The fourth-order valence-corrected chi connectivity index (χ4v) is 1.12. The summed E-state index contributed by atoms with van der Waals surface area (Å²) in [6, 6.07) is -0.364. The van der Waals surface area contributed by atoms with Crippen LogP contribution < -0.4 is 5.73 Å². The first-order valence-electron chi connectivity index (χ1n) is 3.36. The lowest BCUT2D eigenvalue weighted by molar-refractivity contribution is -0.0170. The molecule has 10 heavy (non-hydrogen) atoms. The quantitative estimate of drug-likeness (QED) is 0.420.